The Kier molecular flexibility index (Phi) is 3.46. The van der Waals surface area contributed by atoms with E-state index < -0.39 is 0 Å². The van der Waals surface area contributed by atoms with Gasteiger partial charge in [0.2, 0.25) is 0 Å². The number of aromatic nitrogens is 2. The number of rotatable bonds is 3. The van der Waals surface area contributed by atoms with E-state index in [4.69, 9.17) is 0 Å². The molecule has 18 heavy (non-hydrogen) atoms. The summed E-state index contributed by atoms with van der Waals surface area (Å²) in [6, 6.07) is 8.10. The molecule has 0 aliphatic carbocycles. The minimum atomic E-state index is -0.0831. The first-order valence-electron chi connectivity index (χ1n) is 5.93. The smallest absolute Gasteiger partial charge is 0.255 e. The molecule has 0 spiro atoms. The van der Waals surface area contributed by atoms with Crippen molar-refractivity contribution < 1.29 is 4.79 Å². The number of hydrogen-bond donors (Lipinski definition) is 2. The van der Waals surface area contributed by atoms with Crippen LogP contribution in [0.3, 0.4) is 0 Å². The maximum atomic E-state index is 12.0. The Labute approximate surface area is 106 Å². The quantitative estimate of drug-likeness (QED) is 0.868. The molecule has 1 amide bonds. The molecule has 1 heterocycles. The molecule has 0 radical (unpaired) electrons. The van der Waals surface area contributed by atoms with Gasteiger partial charge in [0.15, 0.2) is 0 Å². The SMILES string of the molecule is Cc1cccc(CNC(=O)c2c(C)n[nH]c2C)c1. The van der Waals surface area contributed by atoms with E-state index in [1.807, 2.05) is 39.0 Å². The summed E-state index contributed by atoms with van der Waals surface area (Å²) in [6.07, 6.45) is 0. The maximum absolute atomic E-state index is 12.0. The van der Waals surface area contributed by atoms with Crippen LogP contribution in [0.4, 0.5) is 0 Å². The second-order valence-corrected chi connectivity index (χ2v) is 4.48. The minimum Gasteiger partial charge on any atom is -0.348 e. The van der Waals surface area contributed by atoms with Gasteiger partial charge in [0.05, 0.1) is 11.3 Å². The Bertz CT molecular complexity index is 553. The summed E-state index contributed by atoms with van der Waals surface area (Å²) < 4.78 is 0. The molecule has 0 fully saturated rings. The molecule has 4 nitrogen and oxygen atoms in total. The molecule has 1 aromatic heterocycles. The van der Waals surface area contributed by atoms with Crippen LogP contribution in [-0.2, 0) is 6.54 Å². The van der Waals surface area contributed by atoms with Crippen LogP contribution in [0.1, 0.15) is 32.9 Å². The predicted molar refractivity (Wildman–Crippen MR) is 70.4 cm³/mol. The van der Waals surface area contributed by atoms with Crippen molar-refractivity contribution in [1.29, 1.82) is 0 Å². The number of aromatic amines is 1. The molecule has 2 rings (SSSR count). The van der Waals surface area contributed by atoms with Gasteiger partial charge < -0.3 is 5.32 Å². The van der Waals surface area contributed by atoms with Crippen molar-refractivity contribution in [3.8, 4) is 0 Å². The van der Waals surface area contributed by atoms with E-state index in [9.17, 15) is 4.79 Å². The van der Waals surface area contributed by atoms with Crippen LogP contribution >= 0.6 is 0 Å². The Morgan fingerprint density at radius 1 is 1.33 bits per heavy atom. The van der Waals surface area contributed by atoms with Gasteiger partial charge in [-0.3, -0.25) is 9.89 Å². The molecule has 0 saturated heterocycles. The Morgan fingerprint density at radius 2 is 2.11 bits per heavy atom. The number of aryl methyl sites for hydroxylation is 3. The van der Waals surface area contributed by atoms with Gasteiger partial charge in [0, 0.05) is 12.2 Å². The molecule has 0 aliphatic heterocycles. The van der Waals surface area contributed by atoms with Crippen LogP contribution < -0.4 is 5.32 Å². The van der Waals surface area contributed by atoms with Crippen molar-refractivity contribution in [3.63, 3.8) is 0 Å². The summed E-state index contributed by atoms with van der Waals surface area (Å²) >= 11 is 0. The summed E-state index contributed by atoms with van der Waals surface area (Å²) in [7, 11) is 0. The van der Waals surface area contributed by atoms with Crippen molar-refractivity contribution >= 4 is 5.91 Å². The molecule has 94 valence electrons. The van der Waals surface area contributed by atoms with Crippen LogP contribution in [0.2, 0.25) is 0 Å². The third-order valence-electron chi connectivity index (χ3n) is 2.89. The number of amides is 1. The molecule has 4 heteroatoms. The standard InChI is InChI=1S/C14H17N3O/c1-9-5-4-6-12(7-9)8-15-14(18)13-10(2)16-17-11(13)3/h4-7H,8H2,1-3H3,(H,15,18)(H,16,17). The van der Waals surface area contributed by atoms with E-state index in [1.54, 1.807) is 0 Å². The van der Waals surface area contributed by atoms with Gasteiger partial charge in [-0.1, -0.05) is 29.8 Å². The average Bonchev–Trinajstić information content (AvgIpc) is 2.66. The lowest BCUT2D eigenvalue weighted by molar-refractivity contribution is 0.0949. The van der Waals surface area contributed by atoms with Crippen LogP contribution in [-0.4, -0.2) is 16.1 Å². The highest BCUT2D eigenvalue weighted by molar-refractivity contribution is 5.96. The van der Waals surface area contributed by atoms with E-state index in [-0.39, 0.29) is 5.91 Å². The van der Waals surface area contributed by atoms with E-state index in [2.05, 4.69) is 21.6 Å². The molecule has 2 aromatic rings. The molecular formula is C14H17N3O. The highest BCUT2D eigenvalue weighted by Crippen LogP contribution is 2.09. The Balaban J connectivity index is 2.05. The van der Waals surface area contributed by atoms with Gasteiger partial charge in [-0.25, -0.2) is 0 Å². The van der Waals surface area contributed by atoms with E-state index in [0.29, 0.717) is 12.1 Å². The number of carbonyl (C=O) groups excluding carboxylic acids is 1. The molecule has 0 aliphatic rings. The lowest BCUT2D eigenvalue weighted by atomic mass is 10.1. The van der Waals surface area contributed by atoms with Gasteiger partial charge in [-0.15, -0.1) is 0 Å². The van der Waals surface area contributed by atoms with Gasteiger partial charge in [0.25, 0.3) is 5.91 Å². The van der Waals surface area contributed by atoms with Crippen LogP contribution in [0.15, 0.2) is 24.3 Å². The number of carbonyl (C=O) groups is 1. The largest absolute Gasteiger partial charge is 0.348 e. The van der Waals surface area contributed by atoms with Gasteiger partial charge in [-0.05, 0) is 26.3 Å². The topological polar surface area (TPSA) is 57.8 Å². The maximum Gasteiger partial charge on any atom is 0.255 e. The second-order valence-electron chi connectivity index (χ2n) is 4.48. The lowest BCUT2D eigenvalue weighted by Crippen LogP contribution is -2.23. The zero-order valence-corrected chi connectivity index (χ0v) is 10.9. The Hall–Kier alpha value is -2.10. The zero-order valence-electron chi connectivity index (χ0n) is 10.9. The van der Waals surface area contributed by atoms with Gasteiger partial charge in [0.1, 0.15) is 0 Å². The second kappa shape index (κ2) is 5.04. The molecule has 0 atom stereocenters. The number of H-pyrrole nitrogens is 1. The third-order valence-corrected chi connectivity index (χ3v) is 2.89. The Morgan fingerprint density at radius 3 is 2.72 bits per heavy atom. The molecule has 0 bridgehead atoms. The summed E-state index contributed by atoms with van der Waals surface area (Å²) in [5.74, 6) is -0.0831. The minimum absolute atomic E-state index is 0.0831. The molecule has 1 aromatic carbocycles. The van der Waals surface area contributed by atoms with Crippen molar-refractivity contribution in [2.45, 2.75) is 27.3 Å². The first-order chi connectivity index (χ1) is 8.58. The van der Waals surface area contributed by atoms with Crippen molar-refractivity contribution in [2.24, 2.45) is 0 Å². The van der Waals surface area contributed by atoms with Crippen molar-refractivity contribution in [3.05, 3.63) is 52.3 Å². The molecule has 2 N–H and O–H groups in total. The van der Waals surface area contributed by atoms with Crippen molar-refractivity contribution in [2.75, 3.05) is 0 Å². The van der Waals surface area contributed by atoms with E-state index in [0.717, 1.165) is 17.0 Å². The number of hydrogen-bond acceptors (Lipinski definition) is 2. The summed E-state index contributed by atoms with van der Waals surface area (Å²) in [6.45, 7) is 6.24. The summed E-state index contributed by atoms with van der Waals surface area (Å²) in [5.41, 5.74) is 4.46. The van der Waals surface area contributed by atoms with Crippen molar-refractivity contribution in [1.82, 2.24) is 15.5 Å². The fourth-order valence-electron chi connectivity index (χ4n) is 1.98. The first kappa shape index (κ1) is 12.4. The molecule has 0 unspecified atom stereocenters. The normalized spacial score (nSPS) is 10.4. The van der Waals surface area contributed by atoms with Crippen LogP contribution in [0, 0.1) is 20.8 Å². The fraction of sp³-hybridized carbons (Fsp3) is 0.286. The highest BCUT2D eigenvalue weighted by atomic mass is 16.1. The number of benzene rings is 1. The van der Waals surface area contributed by atoms with E-state index >= 15 is 0 Å². The molecular weight excluding hydrogens is 226 g/mol. The fourth-order valence-corrected chi connectivity index (χ4v) is 1.98. The summed E-state index contributed by atoms with van der Waals surface area (Å²) in [5, 5.41) is 9.75. The zero-order chi connectivity index (χ0) is 13.1. The third kappa shape index (κ3) is 2.59. The molecule has 0 saturated carbocycles. The van der Waals surface area contributed by atoms with Crippen LogP contribution in [0.5, 0.6) is 0 Å². The van der Waals surface area contributed by atoms with Gasteiger partial charge >= 0.3 is 0 Å². The number of nitrogens with one attached hydrogen (secondary N) is 2. The summed E-state index contributed by atoms with van der Waals surface area (Å²) in [4.78, 5) is 12.0. The first-order valence-corrected chi connectivity index (χ1v) is 5.93. The monoisotopic (exact) mass is 243 g/mol. The van der Waals surface area contributed by atoms with Crippen LogP contribution in [0.25, 0.3) is 0 Å². The predicted octanol–water partition coefficient (Wildman–Crippen LogP) is 2.26. The average molecular weight is 243 g/mol. The number of nitrogens with zero attached hydrogens (tertiary/aromatic N) is 1. The van der Waals surface area contributed by atoms with Gasteiger partial charge in [-0.2, -0.15) is 5.10 Å². The van der Waals surface area contributed by atoms with E-state index in [1.165, 1.54) is 5.56 Å². The lowest BCUT2D eigenvalue weighted by Gasteiger charge is -2.06. The highest BCUT2D eigenvalue weighted by Gasteiger charge is 2.14.